The number of fused-ring (bicyclic) bond motifs is 1. The molecule has 0 saturated carbocycles. The van der Waals surface area contributed by atoms with Gasteiger partial charge in [-0.05, 0) is 0 Å². The summed E-state index contributed by atoms with van der Waals surface area (Å²) >= 11 is 1.49. The molecule has 0 radical (unpaired) electrons. The van der Waals surface area contributed by atoms with E-state index in [0.717, 1.165) is 37.0 Å². The maximum Gasteiger partial charge on any atom is 0.276 e. The number of nitrogens with one attached hydrogen (secondary N) is 1. The van der Waals surface area contributed by atoms with Gasteiger partial charge in [0.1, 0.15) is 10.8 Å². The van der Waals surface area contributed by atoms with E-state index in [9.17, 15) is 4.79 Å². The number of piperazine rings is 1. The molecule has 1 aliphatic rings. The molecule has 108 valence electrons. The molecule has 0 aliphatic carbocycles. The van der Waals surface area contributed by atoms with E-state index in [-0.39, 0.29) is 11.0 Å². The number of anilines is 1. The Morgan fingerprint density at radius 1 is 1.30 bits per heavy atom. The number of aromatic nitrogens is 3. The van der Waals surface area contributed by atoms with Crippen molar-refractivity contribution < 1.29 is 0 Å². The summed E-state index contributed by atoms with van der Waals surface area (Å²) in [6.07, 6.45) is 0. The molecule has 2 aromatic heterocycles. The molecule has 3 rings (SSSR count). The first-order chi connectivity index (χ1) is 9.45. The molecule has 3 heterocycles. The third-order valence-corrected chi connectivity index (χ3v) is 4.65. The molecule has 0 unspecified atom stereocenters. The van der Waals surface area contributed by atoms with E-state index in [0.29, 0.717) is 4.96 Å². The quantitative estimate of drug-likeness (QED) is 0.845. The molecule has 0 atom stereocenters. The molecule has 0 spiro atoms. The van der Waals surface area contributed by atoms with Crippen LogP contribution in [0.25, 0.3) is 4.96 Å². The maximum absolute atomic E-state index is 11.8. The predicted octanol–water partition coefficient (Wildman–Crippen LogP) is 0.858. The highest BCUT2D eigenvalue weighted by atomic mass is 32.1. The van der Waals surface area contributed by atoms with Crippen LogP contribution in [0.5, 0.6) is 0 Å². The lowest BCUT2D eigenvalue weighted by atomic mass is 9.98. The lowest BCUT2D eigenvalue weighted by molar-refractivity contribution is 0.562. The predicted molar refractivity (Wildman–Crippen MR) is 80.9 cm³/mol. The van der Waals surface area contributed by atoms with Crippen LogP contribution in [0.3, 0.4) is 0 Å². The minimum Gasteiger partial charge on any atom is -0.354 e. The Bertz CT molecular complexity index is 678. The molecule has 20 heavy (non-hydrogen) atoms. The van der Waals surface area contributed by atoms with Crippen molar-refractivity contribution in [3.05, 3.63) is 21.4 Å². The summed E-state index contributed by atoms with van der Waals surface area (Å²) in [7, 11) is 0. The SMILES string of the molecule is CC(C)(C)c1nn2c(N3CCNCC3)cc(=O)nc2s1. The topological polar surface area (TPSA) is 62.5 Å². The van der Waals surface area contributed by atoms with Crippen molar-refractivity contribution in [2.45, 2.75) is 26.2 Å². The minimum absolute atomic E-state index is 0.0395. The third-order valence-electron chi connectivity index (χ3n) is 3.32. The van der Waals surface area contributed by atoms with Gasteiger partial charge in [0.15, 0.2) is 0 Å². The highest BCUT2D eigenvalue weighted by Gasteiger charge is 2.22. The molecular formula is C13H19N5OS. The minimum atomic E-state index is -0.192. The summed E-state index contributed by atoms with van der Waals surface area (Å²) in [4.78, 5) is 18.8. The van der Waals surface area contributed by atoms with Gasteiger partial charge in [-0.15, -0.1) is 0 Å². The molecule has 0 amide bonds. The molecule has 7 heteroatoms. The van der Waals surface area contributed by atoms with E-state index in [1.165, 1.54) is 11.3 Å². The highest BCUT2D eigenvalue weighted by molar-refractivity contribution is 7.16. The molecule has 0 bridgehead atoms. The second-order valence-corrected chi connectivity index (χ2v) is 7.00. The zero-order chi connectivity index (χ0) is 14.3. The van der Waals surface area contributed by atoms with Crippen molar-refractivity contribution in [1.29, 1.82) is 0 Å². The summed E-state index contributed by atoms with van der Waals surface area (Å²) in [6, 6.07) is 1.59. The lowest BCUT2D eigenvalue weighted by Crippen LogP contribution is -2.44. The van der Waals surface area contributed by atoms with Crippen LogP contribution in [0.2, 0.25) is 0 Å². The van der Waals surface area contributed by atoms with E-state index in [1.54, 1.807) is 6.07 Å². The number of hydrogen-bond acceptors (Lipinski definition) is 6. The number of hydrogen-bond donors (Lipinski definition) is 1. The Morgan fingerprint density at radius 3 is 2.65 bits per heavy atom. The number of nitrogens with zero attached hydrogens (tertiary/aromatic N) is 4. The largest absolute Gasteiger partial charge is 0.354 e. The van der Waals surface area contributed by atoms with Crippen molar-refractivity contribution in [1.82, 2.24) is 19.9 Å². The van der Waals surface area contributed by atoms with Gasteiger partial charge >= 0.3 is 0 Å². The molecule has 6 nitrogen and oxygen atoms in total. The van der Waals surface area contributed by atoms with E-state index in [2.05, 4.69) is 41.1 Å². The van der Waals surface area contributed by atoms with Crippen molar-refractivity contribution in [2.24, 2.45) is 0 Å². The van der Waals surface area contributed by atoms with Crippen molar-refractivity contribution in [3.8, 4) is 0 Å². The van der Waals surface area contributed by atoms with Gasteiger partial charge in [-0.2, -0.15) is 14.6 Å². The third kappa shape index (κ3) is 2.43. The maximum atomic E-state index is 11.8. The summed E-state index contributed by atoms with van der Waals surface area (Å²) in [5.74, 6) is 0.855. The van der Waals surface area contributed by atoms with Crippen LogP contribution < -0.4 is 15.8 Å². The zero-order valence-corrected chi connectivity index (χ0v) is 12.8. The van der Waals surface area contributed by atoms with Gasteiger partial charge in [-0.25, -0.2) is 0 Å². The van der Waals surface area contributed by atoms with Crippen LogP contribution in [-0.4, -0.2) is 40.8 Å². The monoisotopic (exact) mass is 293 g/mol. The fourth-order valence-electron chi connectivity index (χ4n) is 2.22. The summed E-state index contributed by atoms with van der Waals surface area (Å²) in [6.45, 7) is 9.97. The van der Waals surface area contributed by atoms with Crippen LogP contribution in [0.4, 0.5) is 5.82 Å². The second-order valence-electron chi connectivity index (χ2n) is 6.04. The molecule has 2 aromatic rings. The number of rotatable bonds is 1. The van der Waals surface area contributed by atoms with Gasteiger partial charge in [-0.3, -0.25) is 4.79 Å². The molecule has 0 aromatic carbocycles. The average Bonchev–Trinajstić information content (AvgIpc) is 2.82. The standard InChI is InChI=1S/C13H19N5OS/c1-13(2,3)11-16-18-10(17-6-4-14-5-7-17)8-9(19)15-12(18)20-11/h8,14H,4-7H2,1-3H3. The Kier molecular flexibility index (Phi) is 3.25. The Labute approximate surface area is 121 Å². The molecule has 1 saturated heterocycles. The van der Waals surface area contributed by atoms with Crippen molar-refractivity contribution >= 4 is 22.1 Å². The van der Waals surface area contributed by atoms with Crippen molar-refractivity contribution in [3.63, 3.8) is 0 Å². The van der Waals surface area contributed by atoms with E-state index >= 15 is 0 Å². The molecule has 1 aliphatic heterocycles. The van der Waals surface area contributed by atoms with Gasteiger partial charge in [0.05, 0.1) is 0 Å². The lowest BCUT2D eigenvalue weighted by Gasteiger charge is -2.28. The Hall–Kier alpha value is -1.47. The van der Waals surface area contributed by atoms with Crippen LogP contribution in [-0.2, 0) is 5.41 Å². The van der Waals surface area contributed by atoms with Gasteiger partial charge in [-0.1, -0.05) is 32.1 Å². The van der Waals surface area contributed by atoms with Crippen molar-refractivity contribution in [2.75, 3.05) is 31.1 Å². The van der Waals surface area contributed by atoms with Gasteiger partial charge < -0.3 is 10.2 Å². The van der Waals surface area contributed by atoms with E-state index < -0.39 is 0 Å². The summed E-state index contributed by atoms with van der Waals surface area (Å²) in [5, 5.41) is 8.98. The first kappa shape index (κ1) is 13.5. The van der Waals surface area contributed by atoms with E-state index in [4.69, 9.17) is 0 Å². The van der Waals surface area contributed by atoms with Crippen LogP contribution in [0.15, 0.2) is 10.9 Å². The fraction of sp³-hybridized carbons (Fsp3) is 0.615. The Morgan fingerprint density at radius 2 is 2.00 bits per heavy atom. The van der Waals surface area contributed by atoms with Crippen LogP contribution in [0.1, 0.15) is 25.8 Å². The highest BCUT2D eigenvalue weighted by Crippen LogP contribution is 2.28. The summed E-state index contributed by atoms with van der Waals surface area (Å²) < 4.78 is 1.82. The normalized spacial score (nSPS) is 16.9. The second kappa shape index (κ2) is 4.82. The van der Waals surface area contributed by atoms with Gasteiger partial charge in [0.2, 0.25) is 4.96 Å². The average molecular weight is 293 g/mol. The van der Waals surface area contributed by atoms with Crippen LogP contribution in [0, 0.1) is 0 Å². The zero-order valence-electron chi connectivity index (χ0n) is 12.0. The van der Waals surface area contributed by atoms with E-state index in [1.807, 2.05) is 4.52 Å². The molecule has 1 N–H and O–H groups in total. The van der Waals surface area contributed by atoms with Crippen LogP contribution >= 0.6 is 11.3 Å². The molecular weight excluding hydrogens is 274 g/mol. The first-order valence-corrected chi connectivity index (χ1v) is 7.64. The fourth-order valence-corrected chi connectivity index (χ4v) is 3.18. The molecule has 1 fully saturated rings. The van der Waals surface area contributed by atoms with Gasteiger partial charge in [0, 0.05) is 37.7 Å². The smallest absolute Gasteiger partial charge is 0.276 e. The first-order valence-electron chi connectivity index (χ1n) is 6.82. The van der Waals surface area contributed by atoms with Gasteiger partial charge in [0.25, 0.3) is 5.56 Å². The summed E-state index contributed by atoms with van der Waals surface area (Å²) in [5.41, 5.74) is -0.232. The Balaban J connectivity index is 2.15.